The second-order valence-electron chi connectivity index (χ2n) is 9.87. The Labute approximate surface area is 227 Å². The molecule has 2 amide bonds. The fraction of sp³-hybridized carbons (Fsp3) is 0.370. The molecular weight excluding hydrogens is 522 g/mol. The van der Waals surface area contributed by atoms with E-state index in [1.165, 1.54) is 31.6 Å². The Morgan fingerprint density at radius 1 is 1.23 bits per heavy atom. The van der Waals surface area contributed by atoms with Crippen molar-refractivity contribution in [2.75, 3.05) is 29.5 Å². The van der Waals surface area contributed by atoms with Crippen LogP contribution in [0, 0.1) is 11.8 Å². The molecule has 4 rings (SSSR count). The maximum Gasteiger partial charge on any atom is 0.257 e. The van der Waals surface area contributed by atoms with Crippen molar-refractivity contribution < 1.29 is 27.9 Å². The number of ether oxygens (including phenoxy) is 1. The van der Waals surface area contributed by atoms with Crippen LogP contribution in [0.2, 0.25) is 0 Å². The molecule has 0 saturated heterocycles. The number of aromatic nitrogens is 2. The second kappa shape index (κ2) is 11.9. The minimum absolute atomic E-state index is 0.124. The predicted octanol–water partition coefficient (Wildman–Crippen LogP) is 2.18. The highest BCUT2D eigenvalue weighted by Gasteiger charge is 2.33. The van der Waals surface area contributed by atoms with Crippen LogP contribution in [0.25, 0.3) is 0 Å². The van der Waals surface area contributed by atoms with E-state index < -0.39 is 34.0 Å². The van der Waals surface area contributed by atoms with Crippen molar-refractivity contribution >= 4 is 33.5 Å². The molecule has 12 heteroatoms. The molecule has 1 aliphatic carbocycles. The highest BCUT2D eigenvalue weighted by molar-refractivity contribution is 7.92. The Morgan fingerprint density at radius 3 is 2.56 bits per heavy atom. The van der Waals surface area contributed by atoms with Crippen molar-refractivity contribution in [1.82, 2.24) is 15.3 Å². The van der Waals surface area contributed by atoms with Gasteiger partial charge < -0.3 is 20.1 Å². The smallest absolute Gasteiger partial charge is 0.257 e. The molecule has 208 valence electrons. The third-order valence-corrected chi connectivity index (χ3v) is 7.97. The van der Waals surface area contributed by atoms with E-state index in [0.29, 0.717) is 24.2 Å². The lowest BCUT2D eigenvalue weighted by Gasteiger charge is -2.24. The summed E-state index contributed by atoms with van der Waals surface area (Å²) in [5.74, 6) is 0.127. The van der Waals surface area contributed by atoms with Crippen LogP contribution in [0.5, 0.6) is 5.75 Å². The summed E-state index contributed by atoms with van der Waals surface area (Å²) in [6, 6.07) is 12.6. The first-order valence-corrected chi connectivity index (χ1v) is 14.4. The topological polar surface area (TPSA) is 154 Å². The highest BCUT2D eigenvalue weighted by atomic mass is 32.2. The zero-order valence-electron chi connectivity index (χ0n) is 22.0. The lowest BCUT2D eigenvalue weighted by molar-refractivity contribution is -0.125. The number of benzene rings is 2. The summed E-state index contributed by atoms with van der Waals surface area (Å²) in [5, 5.41) is 16.2. The van der Waals surface area contributed by atoms with Gasteiger partial charge >= 0.3 is 0 Å². The fourth-order valence-corrected chi connectivity index (χ4v) is 4.56. The third-order valence-electron chi connectivity index (χ3n) is 6.76. The number of rotatable bonds is 12. The lowest BCUT2D eigenvalue weighted by Crippen LogP contribution is -2.50. The van der Waals surface area contributed by atoms with E-state index in [2.05, 4.69) is 27.5 Å². The number of anilines is 2. The fourth-order valence-electron chi connectivity index (χ4n) is 4.07. The van der Waals surface area contributed by atoms with Gasteiger partial charge in [-0.05, 0) is 42.4 Å². The van der Waals surface area contributed by atoms with Crippen molar-refractivity contribution in [2.24, 2.45) is 11.8 Å². The maximum atomic E-state index is 13.5. The van der Waals surface area contributed by atoms with E-state index in [1.807, 2.05) is 30.3 Å². The lowest BCUT2D eigenvalue weighted by atomic mass is 10.00. The number of imidazole rings is 1. The number of carbonyl (C=O) groups is 2. The number of hydrogen-bond acceptors (Lipinski definition) is 7. The number of carbonyl (C=O) groups excluding carboxylic acids is 2. The van der Waals surface area contributed by atoms with Crippen LogP contribution in [0.15, 0.2) is 60.9 Å². The number of nitrogens with zero attached hydrogens (tertiary/aromatic N) is 2. The van der Waals surface area contributed by atoms with Gasteiger partial charge in [-0.3, -0.25) is 19.2 Å². The second-order valence-corrected chi connectivity index (χ2v) is 11.9. The number of H-pyrrole nitrogens is 1. The van der Waals surface area contributed by atoms with Crippen LogP contribution >= 0.6 is 0 Å². The molecule has 0 spiro atoms. The Balaban J connectivity index is 1.59. The average Bonchev–Trinajstić information content (AvgIpc) is 3.37. The standard InChI is InChI=1S/C27H33N5O6S/c1-17-11-20(17)16-38-22-14-19(13-21(15-22)32(2)39(3,36)37)25(34)30-23(12-18-7-5-4-6-8-18)24(33)26(35)31-27-28-9-10-29-27/h4-10,13-15,17,20,23-24,33H,11-12,16H2,1-3H3,(H,30,34)(H2,28,29,31,35). The number of aliphatic hydroxyl groups excluding tert-OH is 1. The molecule has 11 nitrogen and oxygen atoms in total. The van der Waals surface area contributed by atoms with E-state index >= 15 is 0 Å². The Bertz CT molecular complexity index is 1400. The van der Waals surface area contributed by atoms with E-state index in [-0.39, 0.29) is 23.6 Å². The summed E-state index contributed by atoms with van der Waals surface area (Å²) >= 11 is 0. The van der Waals surface area contributed by atoms with Crippen molar-refractivity contribution in [3.8, 4) is 5.75 Å². The normalized spacial score (nSPS) is 18.1. The Hall–Kier alpha value is -3.90. The van der Waals surface area contributed by atoms with Crippen LogP contribution in [0.4, 0.5) is 11.6 Å². The molecule has 0 radical (unpaired) electrons. The summed E-state index contributed by atoms with van der Waals surface area (Å²) in [7, 11) is -2.22. The number of aliphatic hydroxyl groups is 1. The predicted molar refractivity (Wildman–Crippen MR) is 147 cm³/mol. The molecule has 39 heavy (non-hydrogen) atoms. The third kappa shape index (κ3) is 7.58. The minimum atomic E-state index is -3.61. The average molecular weight is 556 g/mol. The molecule has 4 atom stereocenters. The van der Waals surface area contributed by atoms with Gasteiger partial charge in [0.1, 0.15) is 5.75 Å². The number of hydrogen-bond donors (Lipinski definition) is 4. The molecule has 4 N–H and O–H groups in total. The van der Waals surface area contributed by atoms with Crippen LogP contribution in [0.3, 0.4) is 0 Å². The van der Waals surface area contributed by atoms with Gasteiger partial charge in [-0.25, -0.2) is 13.4 Å². The molecule has 4 unspecified atom stereocenters. The van der Waals surface area contributed by atoms with Crippen LogP contribution in [-0.4, -0.2) is 67.4 Å². The summed E-state index contributed by atoms with van der Waals surface area (Å²) in [4.78, 5) is 32.9. The van der Waals surface area contributed by atoms with Crippen LogP contribution in [-0.2, 0) is 21.2 Å². The quantitative estimate of drug-likeness (QED) is 0.267. The zero-order chi connectivity index (χ0) is 28.2. The first kappa shape index (κ1) is 28.1. The van der Waals surface area contributed by atoms with Gasteiger partial charge in [-0.1, -0.05) is 37.3 Å². The Morgan fingerprint density at radius 2 is 1.95 bits per heavy atom. The minimum Gasteiger partial charge on any atom is -0.493 e. The van der Waals surface area contributed by atoms with E-state index in [4.69, 9.17) is 4.74 Å². The van der Waals surface area contributed by atoms with Crippen LogP contribution in [0.1, 0.15) is 29.3 Å². The largest absolute Gasteiger partial charge is 0.493 e. The van der Waals surface area contributed by atoms with Gasteiger partial charge in [0.05, 0.1) is 24.6 Å². The molecule has 1 saturated carbocycles. The van der Waals surface area contributed by atoms with Crippen LogP contribution < -0.4 is 19.7 Å². The first-order chi connectivity index (χ1) is 18.5. The molecular formula is C27H33N5O6S. The van der Waals surface area contributed by atoms with Crippen molar-refractivity contribution in [3.63, 3.8) is 0 Å². The van der Waals surface area contributed by atoms with Gasteiger partial charge in [-0.15, -0.1) is 0 Å². The van der Waals surface area contributed by atoms with Crippen molar-refractivity contribution in [1.29, 1.82) is 0 Å². The number of aromatic amines is 1. The van der Waals surface area contributed by atoms with Gasteiger partial charge in [0.2, 0.25) is 16.0 Å². The maximum absolute atomic E-state index is 13.5. The molecule has 1 heterocycles. The number of amides is 2. The molecule has 2 aromatic carbocycles. The zero-order valence-corrected chi connectivity index (χ0v) is 22.8. The number of nitrogens with one attached hydrogen (secondary N) is 3. The van der Waals surface area contributed by atoms with Crippen molar-refractivity contribution in [3.05, 3.63) is 72.1 Å². The molecule has 1 aromatic heterocycles. The summed E-state index contributed by atoms with van der Waals surface area (Å²) in [6.07, 6.45) is 3.63. The van der Waals surface area contributed by atoms with E-state index in [1.54, 1.807) is 6.07 Å². The van der Waals surface area contributed by atoms with Gasteiger partial charge in [0, 0.05) is 31.1 Å². The van der Waals surface area contributed by atoms with Gasteiger partial charge in [0.15, 0.2) is 6.10 Å². The molecule has 0 aliphatic heterocycles. The Kier molecular flexibility index (Phi) is 8.56. The van der Waals surface area contributed by atoms with E-state index in [9.17, 15) is 23.1 Å². The summed E-state index contributed by atoms with van der Waals surface area (Å²) in [5.41, 5.74) is 1.17. The monoisotopic (exact) mass is 555 g/mol. The summed E-state index contributed by atoms with van der Waals surface area (Å²) < 4.78 is 31.4. The molecule has 3 aromatic rings. The van der Waals surface area contributed by atoms with Gasteiger partial charge in [-0.2, -0.15) is 0 Å². The molecule has 1 fully saturated rings. The SMILES string of the molecule is CC1CC1COc1cc(C(=O)NC(Cc2ccccc2)C(O)C(=O)Nc2ncc[nH]2)cc(N(C)S(C)(=O)=O)c1. The van der Waals surface area contributed by atoms with Crippen molar-refractivity contribution in [2.45, 2.75) is 31.9 Å². The summed E-state index contributed by atoms with van der Waals surface area (Å²) in [6.45, 7) is 2.58. The molecule has 1 aliphatic rings. The first-order valence-electron chi connectivity index (χ1n) is 12.6. The highest BCUT2D eigenvalue weighted by Crippen LogP contribution is 2.38. The molecule has 0 bridgehead atoms. The van der Waals surface area contributed by atoms with E-state index in [0.717, 1.165) is 22.5 Å². The number of sulfonamides is 1. The van der Waals surface area contributed by atoms with Gasteiger partial charge in [0.25, 0.3) is 11.8 Å².